The minimum Gasteiger partial charge on any atom is -0.493 e. The highest BCUT2D eigenvalue weighted by Crippen LogP contribution is 2.27. The zero-order chi connectivity index (χ0) is 18.4. The van der Waals surface area contributed by atoms with Gasteiger partial charge in [0.2, 0.25) is 0 Å². The lowest BCUT2D eigenvalue weighted by atomic mass is 10.2. The number of rotatable bonds is 5. The van der Waals surface area contributed by atoms with E-state index in [1.807, 2.05) is 0 Å². The van der Waals surface area contributed by atoms with E-state index in [1.165, 1.54) is 26.4 Å². The lowest BCUT2D eigenvalue weighted by Crippen LogP contribution is -2.34. The Bertz CT molecular complexity index is 805. The molecule has 2 aromatic rings. The van der Waals surface area contributed by atoms with Gasteiger partial charge in [-0.05, 0) is 54.7 Å². The number of carbonyl (C=O) groups is 2. The maximum atomic E-state index is 12.2. The van der Waals surface area contributed by atoms with Gasteiger partial charge in [-0.1, -0.05) is 0 Å². The number of amides is 1. The van der Waals surface area contributed by atoms with Crippen molar-refractivity contribution in [3.05, 3.63) is 53.6 Å². The van der Waals surface area contributed by atoms with Crippen LogP contribution in [0.15, 0.2) is 42.5 Å². The molecule has 0 fully saturated rings. The quantitative estimate of drug-likeness (QED) is 0.705. The van der Waals surface area contributed by atoms with Crippen molar-refractivity contribution in [2.45, 2.75) is 0 Å². The molecule has 8 heteroatoms. The van der Waals surface area contributed by atoms with Crippen molar-refractivity contribution in [2.24, 2.45) is 0 Å². The van der Waals surface area contributed by atoms with Crippen LogP contribution in [-0.4, -0.2) is 36.3 Å². The van der Waals surface area contributed by atoms with E-state index >= 15 is 0 Å². The molecule has 0 heterocycles. The molecule has 0 bridgehead atoms. The molecule has 0 spiro atoms. The number of methoxy groups -OCH3 is 2. The molecule has 2 rings (SSSR count). The van der Waals surface area contributed by atoms with Crippen molar-refractivity contribution in [2.75, 3.05) is 19.5 Å². The van der Waals surface area contributed by atoms with Gasteiger partial charge in [0.05, 0.1) is 19.8 Å². The maximum Gasteiger partial charge on any atom is 0.335 e. The lowest BCUT2D eigenvalue weighted by Gasteiger charge is -2.12. The minimum atomic E-state index is -1.02. The molecule has 7 nitrogen and oxygen atoms in total. The average molecular weight is 360 g/mol. The summed E-state index contributed by atoms with van der Waals surface area (Å²) in [5.74, 6) is -0.493. The number of anilines is 1. The molecule has 25 heavy (non-hydrogen) atoms. The maximum absolute atomic E-state index is 12.2. The fraction of sp³-hybridized carbons (Fsp3) is 0.118. The highest BCUT2D eigenvalue weighted by molar-refractivity contribution is 7.80. The molecule has 0 atom stereocenters. The number of aromatic carboxylic acids is 1. The molecule has 2 aromatic carbocycles. The van der Waals surface area contributed by atoms with Crippen LogP contribution in [0.1, 0.15) is 20.7 Å². The van der Waals surface area contributed by atoms with E-state index in [0.717, 1.165) is 0 Å². The molecular formula is C17H16N2O5S. The van der Waals surface area contributed by atoms with Gasteiger partial charge >= 0.3 is 5.97 Å². The largest absolute Gasteiger partial charge is 0.493 e. The SMILES string of the molecule is COc1ccc(C(=O)NC(=S)Nc2ccc(C(=O)O)cc2)cc1OC. The second kappa shape index (κ2) is 8.11. The highest BCUT2D eigenvalue weighted by Gasteiger charge is 2.12. The number of carboxylic acid groups (broad SMARTS) is 1. The van der Waals surface area contributed by atoms with Crippen molar-refractivity contribution in [1.82, 2.24) is 5.32 Å². The smallest absolute Gasteiger partial charge is 0.335 e. The Morgan fingerprint density at radius 2 is 1.56 bits per heavy atom. The molecule has 130 valence electrons. The van der Waals surface area contributed by atoms with E-state index in [2.05, 4.69) is 10.6 Å². The first kappa shape index (κ1) is 18.2. The van der Waals surface area contributed by atoms with E-state index in [9.17, 15) is 9.59 Å². The van der Waals surface area contributed by atoms with Gasteiger partial charge in [-0.15, -0.1) is 0 Å². The van der Waals surface area contributed by atoms with Crippen LogP contribution in [0.25, 0.3) is 0 Å². The number of ether oxygens (including phenoxy) is 2. The van der Waals surface area contributed by atoms with Crippen LogP contribution in [0.5, 0.6) is 11.5 Å². The van der Waals surface area contributed by atoms with Gasteiger partial charge in [0.1, 0.15) is 0 Å². The second-order valence-corrected chi connectivity index (χ2v) is 5.27. The first-order valence-corrected chi connectivity index (χ1v) is 7.53. The lowest BCUT2D eigenvalue weighted by molar-refractivity contribution is 0.0696. The summed E-state index contributed by atoms with van der Waals surface area (Å²) in [6.07, 6.45) is 0. The monoisotopic (exact) mass is 360 g/mol. The number of hydrogen-bond acceptors (Lipinski definition) is 5. The van der Waals surface area contributed by atoms with Gasteiger partial charge in [0.25, 0.3) is 5.91 Å². The first-order valence-electron chi connectivity index (χ1n) is 7.12. The van der Waals surface area contributed by atoms with Crippen molar-refractivity contribution in [3.8, 4) is 11.5 Å². The number of hydrogen-bond donors (Lipinski definition) is 3. The third-order valence-corrected chi connectivity index (χ3v) is 3.47. The summed E-state index contributed by atoms with van der Waals surface area (Å²) in [5.41, 5.74) is 1.07. The van der Waals surface area contributed by atoms with Gasteiger partial charge < -0.3 is 19.9 Å². The molecule has 0 saturated carbocycles. The third kappa shape index (κ3) is 4.67. The van der Waals surface area contributed by atoms with E-state index in [4.69, 9.17) is 26.8 Å². The van der Waals surface area contributed by atoms with E-state index < -0.39 is 11.9 Å². The summed E-state index contributed by atoms with van der Waals surface area (Å²) in [6, 6.07) is 10.7. The Labute approximate surface area is 149 Å². The highest BCUT2D eigenvalue weighted by atomic mass is 32.1. The summed E-state index contributed by atoms with van der Waals surface area (Å²) >= 11 is 5.09. The van der Waals surface area contributed by atoms with Crippen LogP contribution in [-0.2, 0) is 0 Å². The fourth-order valence-corrected chi connectivity index (χ4v) is 2.22. The number of thiocarbonyl (C=S) groups is 1. The molecule has 0 aliphatic heterocycles. The van der Waals surface area contributed by atoms with Crippen molar-refractivity contribution < 1.29 is 24.2 Å². The Kier molecular flexibility index (Phi) is 5.91. The number of carboxylic acids is 1. The Hall–Kier alpha value is -3.13. The molecule has 0 saturated heterocycles. The molecule has 1 amide bonds. The van der Waals surface area contributed by atoms with E-state index in [-0.39, 0.29) is 10.7 Å². The molecular weight excluding hydrogens is 344 g/mol. The summed E-state index contributed by atoms with van der Waals surface area (Å²) < 4.78 is 10.3. The van der Waals surface area contributed by atoms with Gasteiger partial charge in [0, 0.05) is 11.3 Å². The van der Waals surface area contributed by atoms with Gasteiger partial charge in [-0.25, -0.2) is 4.79 Å². The minimum absolute atomic E-state index is 0.0860. The standard InChI is InChI=1S/C17H16N2O5S/c1-23-13-8-5-11(9-14(13)24-2)15(20)19-17(25)18-12-6-3-10(4-7-12)16(21)22/h3-9H,1-2H3,(H,21,22)(H2,18,19,20,25). The Morgan fingerprint density at radius 3 is 2.12 bits per heavy atom. The number of nitrogens with one attached hydrogen (secondary N) is 2. The topological polar surface area (TPSA) is 96.9 Å². The van der Waals surface area contributed by atoms with Crippen LogP contribution < -0.4 is 20.1 Å². The van der Waals surface area contributed by atoms with Crippen LogP contribution in [0.3, 0.4) is 0 Å². The first-order chi connectivity index (χ1) is 11.9. The summed E-state index contributed by atoms with van der Waals surface area (Å²) in [5, 5.41) is 14.3. The summed E-state index contributed by atoms with van der Waals surface area (Å²) in [6.45, 7) is 0. The van der Waals surface area contributed by atoms with Gasteiger partial charge in [-0.3, -0.25) is 10.1 Å². The Morgan fingerprint density at radius 1 is 0.960 bits per heavy atom. The van der Waals surface area contributed by atoms with Crippen molar-refractivity contribution in [1.29, 1.82) is 0 Å². The van der Waals surface area contributed by atoms with Crippen LogP contribution in [0.2, 0.25) is 0 Å². The average Bonchev–Trinajstić information content (AvgIpc) is 2.61. The van der Waals surface area contributed by atoms with E-state index in [1.54, 1.807) is 30.3 Å². The number of carbonyl (C=O) groups excluding carboxylic acids is 1. The van der Waals surface area contributed by atoms with Gasteiger partial charge in [0.15, 0.2) is 16.6 Å². The molecule has 0 unspecified atom stereocenters. The predicted molar refractivity (Wildman–Crippen MR) is 96.6 cm³/mol. The van der Waals surface area contributed by atoms with Crippen molar-refractivity contribution in [3.63, 3.8) is 0 Å². The van der Waals surface area contributed by atoms with E-state index in [0.29, 0.717) is 22.7 Å². The van der Waals surface area contributed by atoms with Gasteiger partial charge in [-0.2, -0.15) is 0 Å². The van der Waals surface area contributed by atoms with Crippen LogP contribution in [0.4, 0.5) is 5.69 Å². The molecule has 0 aliphatic rings. The van der Waals surface area contributed by atoms with Crippen LogP contribution in [0, 0.1) is 0 Å². The normalized spacial score (nSPS) is 9.84. The summed E-state index contributed by atoms with van der Waals surface area (Å²) in [4.78, 5) is 23.1. The zero-order valence-corrected chi connectivity index (χ0v) is 14.3. The van der Waals surface area contributed by atoms with Crippen molar-refractivity contribution >= 4 is 34.9 Å². The molecule has 0 aromatic heterocycles. The predicted octanol–water partition coefficient (Wildman–Crippen LogP) is 2.53. The number of benzene rings is 2. The fourth-order valence-electron chi connectivity index (χ4n) is 2.01. The second-order valence-electron chi connectivity index (χ2n) is 4.86. The molecule has 0 aliphatic carbocycles. The third-order valence-electron chi connectivity index (χ3n) is 3.26. The molecule has 3 N–H and O–H groups in total. The summed E-state index contributed by atoms with van der Waals surface area (Å²) in [7, 11) is 2.98. The Balaban J connectivity index is 2.02. The zero-order valence-electron chi connectivity index (χ0n) is 13.5. The van der Waals surface area contributed by atoms with Crippen LogP contribution >= 0.6 is 12.2 Å². The molecule has 0 radical (unpaired) electrons.